The summed E-state index contributed by atoms with van der Waals surface area (Å²) in [5, 5.41) is 0. The number of hydrogen-bond donors (Lipinski definition) is 1. The molecule has 0 aromatic carbocycles. The molecule has 72 valence electrons. The average Bonchev–Trinajstić information content (AvgIpc) is 2.31. The molecule has 0 aromatic rings. The molecule has 0 aromatic heterocycles. The SMILES string of the molecule is CC(C)(CN)N1CCC(F)(F)C1. The Kier molecular flexibility index (Phi) is 2.40. The van der Waals surface area contributed by atoms with E-state index in [0.717, 1.165) is 0 Å². The Morgan fingerprint density at radius 3 is 2.42 bits per heavy atom. The zero-order valence-electron chi connectivity index (χ0n) is 7.61. The van der Waals surface area contributed by atoms with Gasteiger partial charge in [-0.15, -0.1) is 0 Å². The van der Waals surface area contributed by atoms with Crippen LogP contribution in [0.5, 0.6) is 0 Å². The predicted molar refractivity (Wildman–Crippen MR) is 44.3 cm³/mol. The smallest absolute Gasteiger partial charge is 0.261 e. The third kappa shape index (κ3) is 1.93. The van der Waals surface area contributed by atoms with Gasteiger partial charge in [-0.2, -0.15) is 0 Å². The van der Waals surface area contributed by atoms with Gasteiger partial charge in [0.1, 0.15) is 0 Å². The summed E-state index contributed by atoms with van der Waals surface area (Å²) in [4.78, 5) is 1.76. The Labute approximate surface area is 71.7 Å². The van der Waals surface area contributed by atoms with E-state index in [-0.39, 0.29) is 18.5 Å². The van der Waals surface area contributed by atoms with Crippen molar-refractivity contribution in [1.29, 1.82) is 0 Å². The van der Waals surface area contributed by atoms with Crippen LogP contribution in [-0.4, -0.2) is 36.0 Å². The third-order valence-corrected chi connectivity index (χ3v) is 2.53. The lowest BCUT2D eigenvalue weighted by molar-refractivity contribution is 0.000736. The van der Waals surface area contributed by atoms with Gasteiger partial charge in [-0.25, -0.2) is 8.78 Å². The van der Waals surface area contributed by atoms with E-state index in [4.69, 9.17) is 5.73 Å². The maximum atomic E-state index is 12.8. The van der Waals surface area contributed by atoms with Crippen molar-refractivity contribution in [2.45, 2.75) is 31.7 Å². The topological polar surface area (TPSA) is 29.3 Å². The van der Waals surface area contributed by atoms with Crippen LogP contribution in [0.4, 0.5) is 8.78 Å². The van der Waals surface area contributed by atoms with Gasteiger partial charge in [0.15, 0.2) is 0 Å². The first kappa shape index (κ1) is 9.86. The minimum Gasteiger partial charge on any atom is -0.329 e. The average molecular weight is 178 g/mol. The van der Waals surface area contributed by atoms with Gasteiger partial charge in [0.2, 0.25) is 0 Å². The summed E-state index contributed by atoms with van der Waals surface area (Å²) >= 11 is 0. The molecule has 0 radical (unpaired) electrons. The molecule has 2 nitrogen and oxygen atoms in total. The van der Waals surface area contributed by atoms with Crippen molar-refractivity contribution >= 4 is 0 Å². The number of alkyl halides is 2. The molecule has 2 N–H and O–H groups in total. The molecule has 1 heterocycles. The molecule has 0 spiro atoms. The largest absolute Gasteiger partial charge is 0.329 e. The van der Waals surface area contributed by atoms with Crippen LogP contribution in [0.15, 0.2) is 0 Å². The fourth-order valence-corrected chi connectivity index (χ4v) is 1.38. The molecule has 1 saturated heterocycles. The highest BCUT2D eigenvalue weighted by atomic mass is 19.3. The molecule has 1 aliphatic rings. The van der Waals surface area contributed by atoms with Gasteiger partial charge in [0, 0.05) is 25.0 Å². The standard InChI is InChI=1S/C8H16F2N2/c1-7(2,5-11)12-4-3-8(9,10)6-12/h3-6,11H2,1-2H3. The Morgan fingerprint density at radius 1 is 1.50 bits per heavy atom. The highest BCUT2D eigenvalue weighted by molar-refractivity contribution is 4.91. The lowest BCUT2D eigenvalue weighted by Gasteiger charge is -2.33. The van der Waals surface area contributed by atoms with Crippen molar-refractivity contribution in [2.24, 2.45) is 5.73 Å². The molecule has 1 fully saturated rings. The summed E-state index contributed by atoms with van der Waals surface area (Å²) in [5.74, 6) is -2.51. The first-order chi connectivity index (χ1) is 5.37. The monoisotopic (exact) mass is 178 g/mol. The summed E-state index contributed by atoms with van der Waals surface area (Å²) in [5.41, 5.74) is 5.20. The van der Waals surface area contributed by atoms with E-state index in [9.17, 15) is 8.78 Å². The minimum absolute atomic E-state index is 0.0313. The van der Waals surface area contributed by atoms with Crippen molar-refractivity contribution in [3.8, 4) is 0 Å². The lowest BCUT2D eigenvalue weighted by atomic mass is 10.0. The van der Waals surface area contributed by atoms with Gasteiger partial charge in [0.25, 0.3) is 5.92 Å². The molecular weight excluding hydrogens is 162 g/mol. The van der Waals surface area contributed by atoms with Gasteiger partial charge in [-0.1, -0.05) is 0 Å². The summed E-state index contributed by atoms with van der Waals surface area (Å²) in [6.07, 6.45) is -0.0313. The second kappa shape index (κ2) is 2.92. The van der Waals surface area contributed by atoms with Crippen molar-refractivity contribution in [3.63, 3.8) is 0 Å². The molecule has 0 aliphatic carbocycles. The highest BCUT2D eigenvalue weighted by Crippen LogP contribution is 2.31. The summed E-state index contributed by atoms with van der Waals surface area (Å²) in [6.45, 7) is 4.53. The van der Waals surface area contributed by atoms with E-state index in [2.05, 4.69) is 0 Å². The maximum absolute atomic E-state index is 12.8. The Bertz CT molecular complexity index is 168. The second-order valence-electron chi connectivity index (χ2n) is 4.04. The predicted octanol–water partition coefficient (Wildman–Crippen LogP) is 1.06. The van der Waals surface area contributed by atoms with Crippen molar-refractivity contribution in [1.82, 2.24) is 4.90 Å². The molecule has 0 atom stereocenters. The van der Waals surface area contributed by atoms with Crippen LogP contribution >= 0.6 is 0 Å². The summed E-state index contributed by atoms with van der Waals surface area (Å²) < 4.78 is 25.6. The Hall–Kier alpha value is -0.220. The number of rotatable bonds is 2. The highest BCUT2D eigenvalue weighted by Gasteiger charge is 2.42. The summed E-state index contributed by atoms with van der Waals surface area (Å²) in [6, 6.07) is 0. The van der Waals surface area contributed by atoms with Crippen molar-refractivity contribution < 1.29 is 8.78 Å². The van der Waals surface area contributed by atoms with E-state index >= 15 is 0 Å². The van der Waals surface area contributed by atoms with Crippen LogP contribution in [0.25, 0.3) is 0 Å². The normalized spacial score (nSPS) is 24.8. The van der Waals surface area contributed by atoms with Crippen LogP contribution in [-0.2, 0) is 0 Å². The number of halogens is 2. The Balaban J connectivity index is 2.58. The Morgan fingerprint density at radius 2 is 2.08 bits per heavy atom. The van der Waals surface area contributed by atoms with E-state index in [1.54, 1.807) is 4.90 Å². The molecule has 1 rings (SSSR count). The fraction of sp³-hybridized carbons (Fsp3) is 1.00. The molecule has 4 heteroatoms. The third-order valence-electron chi connectivity index (χ3n) is 2.53. The minimum atomic E-state index is -2.51. The van der Waals surface area contributed by atoms with E-state index in [0.29, 0.717) is 13.1 Å². The van der Waals surface area contributed by atoms with Crippen LogP contribution in [0.3, 0.4) is 0 Å². The van der Waals surface area contributed by atoms with Gasteiger partial charge in [-0.3, -0.25) is 4.90 Å². The van der Waals surface area contributed by atoms with Gasteiger partial charge < -0.3 is 5.73 Å². The maximum Gasteiger partial charge on any atom is 0.261 e. The molecule has 0 saturated carbocycles. The number of likely N-dealkylation sites (tertiary alicyclic amines) is 1. The zero-order valence-corrected chi connectivity index (χ0v) is 7.61. The quantitative estimate of drug-likeness (QED) is 0.685. The molecule has 12 heavy (non-hydrogen) atoms. The van der Waals surface area contributed by atoms with Crippen LogP contribution in [0.2, 0.25) is 0 Å². The number of nitrogens with two attached hydrogens (primary N) is 1. The zero-order chi connectivity index (χ0) is 9.41. The molecular formula is C8H16F2N2. The first-order valence-corrected chi connectivity index (χ1v) is 4.20. The van der Waals surface area contributed by atoms with Crippen molar-refractivity contribution in [2.75, 3.05) is 19.6 Å². The fourth-order valence-electron chi connectivity index (χ4n) is 1.38. The van der Waals surface area contributed by atoms with Gasteiger partial charge >= 0.3 is 0 Å². The van der Waals surface area contributed by atoms with Gasteiger partial charge in [-0.05, 0) is 13.8 Å². The van der Waals surface area contributed by atoms with E-state index in [1.165, 1.54) is 0 Å². The summed E-state index contributed by atoms with van der Waals surface area (Å²) in [7, 11) is 0. The van der Waals surface area contributed by atoms with Gasteiger partial charge in [0.05, 0.1) is 6.54 Å². The number of hydrogen-bond acceptors (Lipinski definition) is 2. The second-order valence-corrected chi connectivity index (χ2v) is 4.04. The number of nitrogens with zero attached hydrogens (tertiary/aromatic N) is 1. The van der Waals surface area contributed by atoms with E-state index in [1.807, 2.05) is 13.8 Å². The molecule has 0 unspecified atom stereocenters. The molecule has 0 bridgehead atoms. The van der Waals surface area contributed by atoms with E-state index < -0.39 is 5.92 Å². The molecule has 1 aliphatic heterocycles. The van der Waals surface area contributed by atoms with Crippen LogP contribution in [0, 0.1) is 0 Å². The van der Waals surface area contributed by atoms with Crippen molar-refractivity contribution in [3.05, 3.63) is 0 Å². The molecule has 0 amide bonds. The first-order valence-electron chi connectivity index (χ1n) is 4.20. The van der Waals surface area contributed by atoms with Crippen LogP contribution < -0.4 is 5.73 Å². The van der Waals surface area contributed by atoms with Crippen LogP contribution in [0.1, 0.15) is 20.3 Å². The lowest BCUT2D eigenvalue weighted by Crippen LogP contribution is -2.48.